The number of aliphatic hydroxyl groups excluding tert-OH is 1. The lowest BCUT2D eigenvalue weighted by atomic mass is 9.78. The van der Waals surface area contributed by atoms with E-state index in [0.717, 1.165) is 12.8 Å². The van der Waals surface area contributed by atoms with Crippen molar-refractivity contribution < 1.29 is 5.11 Å². The molecular weight excluding hydrogens is 126 g/mol. The van der Waals surface area contributed by atoms with E-state index in [1.54, 1.807) is 0 Å². The van der Waals surface area contributed by atoms with Gasteiger partial charge in [0.15, 0.2) is 0 Å². The van der Waals surface area contributed by atoms with Crippen molar-refractivity contribution in [3.63, 3.8) is 0 Å². The summed E-state index contributed by atoms with van der Waals surface area (Å²) in [7, 11) is 0. The van der Waals surface area contributed by atoms with Gasteiger partial charge in [-0.15, -0.1) is 11.6 Å². The smallest absolute Gasteiger partial charge is 0.0612 e. The van der Waals surface area contributed by atoms with E-state index in [4.69, 9.17) is 22.4 Å². The number of nitrogens with two attached hydrogens (primary N) is 1. The summed E-state index contributed by atoms with van der Waals surface area (Å²) in [6, 6.07) is 0. The van der Waals surface area contributed by atoms with Gasteiger partial charge in [-0.2, -0.15) is 0 Å². The second-order valence-electron chi connectivity index (χ2n) is 2.53. The van der Waals surface area contributed by atoms with Crippen molar-refractivity contribution in [2.45, 2.75) is 23.8 Å². The summed E-state index contributed by atoms with van der Waals surface area (Å²) in [5, 5.41) is 8.78. The lowest BCUT2D eigenvalue weighted by molar-refractivity contribution is 0.130. The van der Waals surface area contributed by atoms with Crippen LogP contribution in [0.5, 0.6) is 0 Å². The number of hydrogen-bond donors (Lipinski definition) is 2. The Hall–Kier alpha value is 0.210. The molecule has 1 saturated carbocycles. The summed E-state index contributed by atoms with van der Waals surface area (Å²) in [6.45, 7) is 0.0657. The first-order valence-electron chi connectivity index (χ1n) is 2.70. The summed E-state index contributed by atoms with van der Waals surface area (Å²) in [5.41, 5.74) is 5.22. The van der Waals surface area contributed by atoms with Gasteiger partial charge in [0.25, 0.3) is 0 Å². The van der Waals surface area contributed by atoms with Crippen LogP contribution in [-0.4, -0.2) is 22.6 Å². The minimum absolute atomic E-state index is 0.0657. The topological polar surface area (TPSA) is 46.2 Å². The van der Waals surface area contributed by atoms with E-state index < -0.39 is 0 Å². The minimum atomic E-state index is -0.341. The van der Waals surface area contributed by atoms with Crippen LogP contribution >= 0.6 is 11.6 Å². The molecule has 0 atom stereocenters. The average molecular weight is 136 g/mol. The van der Waals surface area contributed by atoms with E-state index in [9.17, 15) is 0 Å². The van der Waals surface area contributed by atoms with Crippen molar-refractivity contribution in [3.8, 4) is 0 Å². The van der Waals surface area contributed by atoms with Crippen LogP contribution in [0.1, 0.15) is 12.8 Å². The highest BCUT2D eigenvalue weighted by atomic mass is 35.5. The first kappa shape index (κ1) is 6.33. The van der Waals surface area contributed by atoms with Crippen LogP contribution in [0.4, 0.5) is 0 Å². The predicted octanol–water partition coefficient (Wildman–Crippen LogP) is 0.0774. The number of alkyl halides is 1. The molecule has 0 aliphatic heterocycles. The molecule has 3 heteroatoms. The Bertz CT molecular complexity index is 90.4. The summed E-state index contributed by atoms with van der Waals surface area (Å²) < 4.78 is 0. The van der Waals surface area contributed by atoms with Crippen molar-refractivity contribution in [1.82, 2.24) is 0 Å². The molecule has 0 aromatic rings. The van der Waals surface area contributed by atoms with Crippen LogP contribution in [0.25, 0.3) is 0 Å². The van der Waals surface area contributed by atoms with E-state index in [2.05, 4.69) is 0 Å². The molecule has 0 unspecified atom stereocenters. The first-order chi connectivity index (χ1) is 3.66. The molecule has 0 radical (unpaired) electrons. The van der Waals surface area contributed by atoms with Gasteiger partial charge >= 0.3 is 0 Å². The largest absolute Gasteiger partial charge is 0.394 e. The molecule has 0 aromatic heterocycles. The normalized spacial score (nSPS) is 46.1. The first-order valence-corrected chi connectivity index (χ1v) is 3.14. The fourth-order valence-corrected chi connectivity index (χ4v) is 1.57. The zero-order chi connectivity index (χ0) is 6.20. The van der Waals surface area contributed by atoms with Gasteiger partial charge in [-0.3, -0.25) is 0 Å². The molecule has 0 bridgehead atoms. The van der Waals surface area contributed by atoms with Crippen molar-refractivity contribution in [2.24, 2.45) is 5.73 Å². The van der Waals surface area contributed by atoms with Crippen LogP contribution in [0.3, 0.4) is 0 Å². The monoisotopic (exact) mass is 135 g/mol. The van der Waals surface area contributed by atoms with Gasteiger partial charge in [0.2, 0.25) is 0 Å². The van der Waals surface area contributed by atoms with Gasteiger partial charge in [0, 0.05) is 10.9 Å². The summed E-state index contributed by atoms with van der Waals surface area (Å²) in [6.07, 6.45) is 1.51. The summed E-state index contributed by atoms with van der Waals surface area (Å²) in [4.78, 5) is 0. The third kappa shape index (κ3) is 0.966. The highest BCUT2D eigenvalue weighted by Gasteiger charge is 2.38. The Morgan fingerprint density at radius 1 is 1.75 bits per heavy atom. The third-order valence-corrected chi connectivity index (χ3v) is 1.88. The molecule has 0 spiro atoms. The third-order valence-electron chi connectivity index (χ3n) is 1.57. The van der Waals surface area contributed by atoms with Crippen LogP contribution in [-0.2, 0) is 0 Å². The van der Waals surface area contributed by atoms with Gasteiger partial charge in [-0.05, 0) is 12.8 Å². The molecule has 1 aliphatic rings. The number of hydrogen-bond acceptors (Lipinski definition) is 2. The number of halogens is 1. The van der Waals surface area contributed by atoms with E-state index in [1.165, 1.54) is 0 Å². The molecule has 1 fully saturated rings. The van der Waals surface area contributed by atoms with Crippen LogP contribution in [0, 0.1) is 0 Å². The molecule has 3 N–H and O–H groups in total. The molecular formula is C5H10ClNO. The van der Waals surface area contributed by atoms with Gasteiger partial charge in [0.05, 0.1) is 6.61 Å². The standard InChI is InChI=1S/C5H10ClNO/c6-4-1-5(7,2-4)3-8/h4,8H,1-3,7H2. The van der Waals surface area contributed by atoms with E-state index in [-0.39, 0.29) is 17.5 Å². The van der Waals surface area contributed by atoms with Crippen LogP contribution in [0.2, 0.25) is 0 Å². The molecule has 0 heterocycles. The van der Waals surface area contributed by atoms with Crippen LogP contribution < -0.4 is 5.73 Å². The lowest BCUT2D eigenvalue weighted by Gasteiger charge is -2.40. The van der Waals surface area contributed by atoms with Crippen molar-refractivity contribution >= 4 is 11.6 Å². The fourth-order valence-electron chi connectivity index (χ4n) is 0.952. The summed E-state index contributed by atoms with van der Waals surface area (Å²) >= 11 is 5.62. The Balaban J connectivity index is 2.30. The molecule has 48 valence electrons. The van der Waals surface area contributed by atoms with Crippen LogP contribution in [0.15, 0.2) is 0 Å². The molecule has 0 aromatic carbocycles. The highest BCUT2D eigenvalue weighted by molar-refractivity contribution is 6.21. The van der Waals surface area contributed by atoms with E-state index >= 15 is 0 Å². The maximum atomic E-state index is 8.58. The molecule has 2 nitrogen and oxygen atoms in total. The quantitative estimate of drug-likeness (QED) is 0.501. The SMILES string of the molecule is NC1(CO)CC(Cl)C1. The van der Waals surface area contributed by atoms with Crippen molar-refractivity contribution in [3.05, 3.63) is 0 Å². The maximum absolute atomic E-state index is 8.58. The number of aliphatic hydroxyl groups is 1. The number of rotatable bonds is 1. The predicted molar refractivity (Wildman–Crippen MR) is 32.9 cm³/mol. The minimum Gasteiger partial charge on any atom is -0.394 e. The van der Waals surface area contributed by atoms with E-state index in [1.807, 2.05) is 0 Å². The van der Waals surface area contributed by atoms with Gasteiger partial charge in [-0.25, -0.2) is 0 Å². The Morgan fingerprint density at radius 2 is 2.25 bits per heavy atom. The lowest BCUT2D eigenvalue weighted by Crippen LogP contribution is -2.55. The van der Waals surface area contributed by atoms with Gasteiger partial charge < -0.3 is 10.8 Å². The summed E-state index contributed by atoms with van der Waals surface area (Å²) in [5.74, 6) is 0. The molecule has 1 rings (SSSR count). The Morgan fingerprint density at radius 3 is 2.38 bits per heavy atom. The van der Waals surface area contributed by atoms with Crippen molar-refractivity contribution in [2.75, 3.05) is 6.61 Å². The van der Waals surface area contributed by atoms with Gasteiger partial charge in [0.1, 0.15) is 0 Å². The Labute approximate surface area is 53.6 Å². The Kier molecular flexibility index (Phi) is 1.48. The average Bonchev–Trinajstić information content (AvgIpc) is 1.63. The fraction of sp³-hybridized carbons (Fsp3) is 1.00. The second kappa shape index (κ2) is 1.87. The highest BCUT2D eigenvalue weighted by Crippen LogP contribution is 2.33. The molecule has 1 aliphatic carbocycles. The molecule has 0 amide bonds. The maximum Gasteiger partial charge on any atom is 0.0612 e. The van der Waals surface area contributed by atoms with E-state index in [0.29, 0.717) is 0 Å². The van der Waals surface area contributed by atoms with Crippen molar-refractivity contribution in [1.29, 1.82) is 0 Å². The second-order valence-corrected chi connectivity index (χ2v) is 3.14. The molecule has 0 saturated heterocycles. The molecule has 8 heavy (non-hydrogen) atoms. The van der Waals surface area contributed by atoms with Gasteiger partial charge in [-0.1, -0.05) is 0 Å². The zero-order valence-electron chi connectivity index (χ0n) is 4.60. The zero-order valence-corrected chi connectivity index (χ0v) is 5.36.